The van der Waals surface area contributed by atoms with Gasteiger partial charge in [-0.1, -0.05) is 18.2 Å². The molecular formula is C21H25N5O2S2. The average Bonchev–Trinajstić information content (AvgIpc) is 3.33. The molecule has 0 aliphatic rings. The molecule has 2 heterocycles. The largest absolute Gasteiger partial charge is 0.496 e. The van der Waals surface area contributed by atoms with Crippen molar-refractivity contribution in [2.24, 2.45) is 10.7 Å². The van der Waals surface area contributed by atoms with E-state index in [1.165, 1.54) is 18.3 Å². The highest BCUT2D eigenvalue weighted by Crippen LogP contribution is 2.33. The van der Waals surface area contributed by atoms with Gasteiger partial charge < -0.3 is 21.1 Å². The van der Waals surface area contributed by atoms with E-state index in [9.17, 15) is 4.79 Å². The third kappa shape index (κ3) is 5.80. The molecule has 0 saturated heterocycles. The normalized spacial score (nSPS) is 11.4. The molecule has 0 spiro atoms. The number of carbonyl (C=O) groups excluding carboxylic acids is 1. The van der Waals surface area contributed by atoms with Crippen LogP contribution in [0.25, 0.3) is 10.6 Å². The van der Waals surface area contributed by atoms with Gasteiger partial charge >= 0.3 is 0 Å². The third-order valence-electron chi connectivity index (χ3n) is 4.37. The predicted octanol–water partition coefficient (Wildman–Crippen LogP) is 3.79. The minimum Gasteiger partial charge on any atom is -0.496 e. The maximum Gasteiger partial charge on any atom is 0.217 e. The third-order valence-corrected chi connectivity index (χ3v) is 6.38. The molecule has 7 nitrogen and oxygen atoms in total. The number of thiophene rings is 1. The van der Waals surface area contributed by atoms with E-state index in [1.807, 2.05) is 36.6 Å². The number of amides is 1. The number of thiazole rings is 1. The van der Waals surface area contributed by atoms with Gasteiger partial charge in [0.1, 0.15) is 5.75 Å². The van der Waals surface area contributed by atoms with Crippen LogP contribution in [-0.2, 0) is 17.8 Å². The second-order valence-electron chi connectivity index (χ2n) is 6.62. The number of aromatic nitrogens is 1. The summed E-state index contributed by atoms with van der Waals surface area (Å²) in [4.78, 5) is 22.3. The zero-order valence-corrected chi connectivity index (χ0v) is 18.8. The maximum atomic E-state index is 11.1. The van der Waals surface area contributed by atoms with E-state index in [4.69, 9.17) is 10.5 Å². The van der Waals surface area contributed by atoms with Crippen LogP contribution in [0.3, 0.4) is 0 Å². The van der Waals surface area contributed by atoms with E-state index in [2.05, 4.69) is 26.7 Å². The monoisotopic (exact) mass is 443 g/mol. The number of nitrogens with two attached hydrogens (primary N) is 1. The van der Waals surface area contributed by atoms with Crippen molar-refractivity contribution in [3.8, 4) is 16.3 Å². The van der Waals surface area contributed by atoms with Gasteiger partial charge in [-0.3, -0.25) is 9.79 Å². The Kier molecular flexibility index (Phi) is 7.42. The number of aryl methyl sites for hydroxylation is 1. The second-order valence-corrected chi connectivity index (χ2v) is 8.61. The van der Waals surface area contributed by atoms with Crippen molar-refractivity contribution in [1.82, 2.24) is 10.3 Å². The first-order valence-corrected chi connectivity index (χ1v) is 11.1. The molecule has 3 aromatic rings. The Morgan fingerprint density at radius 2 is 2.13 bits per heavy atom. The molecule has 30 heavy (non-hydrogen) atoms. The fraction of sp³-hybridized carbons (Fsp3) is 0.286. The number of benzene rings is 1. The van der Waals surface area contributed by atoms with Crippen LogP contribution < -0.4 is 21.1 Å². The molecule has 1 aromatic carbocycles. The first kappa shape index (κ1) is 21.8. The van der Waals surface area contributed by atoms with E-state index < -0.39 is 0 Å². The summed E-state index contributed by atoms with van der Waals surface area (Å²) >= 11 is 3.11. The van der Waals surface area contributed by atoms with Crippen LogP contribution in [-0.4, -0.2) is 30.5 Å². The number of hydrogen-bond acceptors (Lipinski definition) is 6. The number of rotatable bonds is 8. The number of guanidine groups is 1. The minimum absolute atomic E-state index is 0.0371. The molecule has 3 rings (SSSR count). The van der Waals surface area contributed by atoms with Crippen LogP contribution in [0.2, 0.25) is 0 Å². The molecule has 0 radical (unpaired) electrons. The lowest BCUT2D eigenvalue weighted by Gasteiger charge is -2.06. The summed E-state index contributed by atoms with van der Waals surface area (Å²) < 4.78 is 5.36. The summed E-state index contributed by atoms with van der Waals surface area (Å²) in [5.41, 5.74) is 9.14. The molecule has 0 aliphatic heterocycles. The second kappa shape index (κ2) is 10.2. The van der Waals surface area contributed by atoms with Gasteiger partial charge in [-0.2, -0.15) is 0 Å². The highest BCUT2D eigenvalue weighted by atomic mass is 32.1. The van der Waals surface area contributed by atoms with Gasteiger partial charge in [0, 0.05) is 23.7 Å². The molecule has 1 amide bonds. The molecule has 0 saturated carbocycles. The van der Waals surface area contributed by atoms with Crippen molar-refractivity contribution >= 4 is 39.7 Å². The number of nitrogens with zero attached hydrogens (tertiary/aromatic N) is 2. The van der Waals surface area contributed by atoms with Crippen LogP contribution in [0.4, 0.5) is 5.13 Å². The first-order valence-electron chi connectivity index (χ1n) is 9.44. The number of carbonyl (C=O) groups is 1. The summed E-state index contributed by atoms with van der Waals surface area (Å²) in [6, 6.07) is 9.97. The van der Waals surface area contributed by atoms with Crippen molar-refractivity contribution in [3.05, 3.63) is 51.7 Å². The van der Waals surface area contributed by atoms with E-state index in [1.54, 1.807) is 18.4 Å². The van der Waals surface area contributed by atoms with Crippen LogP contribution >= 0.6 is 22.7 Å². The lowest BCUT2D eigenvalue weighted by molar-refractivity contribution is -0.119. The highest BCUT2D eigenvalue weighted by molar-refractivity contribution is 7.17. The quantitative estimate of drug-likeness (QED) is 0.363. The van der Waals surface area contributed by atoms with Crippen molar-refractivity contribution in [1.29, 1.82) is 0 Å². The Morgan fingerprint density at radius 3 is 2.90 bits per heavy atom. The summed E-state index contributed by atoms with van der Waals surface area (Å²) in [7, 11) is 1.66. The summed E-state index contributed by atoms with van der Waals surface area (Å²) in [6.45, 7) is 4.64. The smallest absolute Gasteiger partial charge is 0.217 e. The topological polar surface area (TPSA) is 102 Å². The van der Waals surface area contributed by atoms with Crippen LogP contribution in [0.15, 0.2) is 40.7 Å². The Bertz CT molecular complexity index is 1040. The van der Waals surface area contributed by atoms with Gasteiger partial charge in [0.15, 0.2) is 11.1 Å². The molecule has 0 bridgehead atoms. The van der Waals surface area contributed by atoms with Gasteiger partial charge in [-0.25, -0.2) is 4.98 Å². The lowest BCUT2D eigenvalue weighted by Crippen LogP contribution is -2.23. The standard InChI is InChI=1S/C21H25N5O2S2/c1-13-10-18(30-19(13)11-24-14(2)27)16-12-29-21(25-16)26-20(22)23-9-8-15-6-4-5-7-17(15)28-3/h4-7,10,12H,8-9,11H2,1-3H3,(H,24,27)(H3,22,23,25,26). The van der Waals surface area contributed by atoms with Crippen LogP contribution in [0.1, 0.15) is 22.9 Å². The SMILES string of the molecule is COc1ccccc1CCN=C(N)Nc1nc(-c2cc(C)c(CNC(C)=O)s2)cs1. The molecule has 4 N–H and O–H groups in total. The first-order chi connectivity index (χ1) is 14.5. The molecule has 0 unspecified atom stereocenters. The van der Waals surface area contributed by atoms with Gasteiger partial charge in [-0.15, -0.1) is 22.7 Å². The maximum absolute atomic E-state index is 11.1. The molecule has 0 aliphatic carbocycles. The Balaban J connectivity index is 1.59. The van der Waals surface area contributed by atoms with Gasteiger partial charge in [0.25, 0.3) is 0 Å². The fourth-order valence-electron chi connectivity index (χ4n) is 2.83. The zero-order chi connectivity index (χ0) is 21.5. The number of hydrogen-bond donors (Lipinski definition) is 3. The minimum atomic E-state index is -0.0371. The van der Waals surface area contributed by atoms with Crippen molar-refractivity contribution in [2.45, 2.75) is 26.8 Å². The Morgan fingerprint density at radius 1 is 1.33 bits per heavy atom. The van der Waals surface area contributed by atoms with E-state index in [0.717, 1.165) is 38.7 Å². The van der Waals surface area contributed by atoms with E-state index in [0.29, 0.717) is 24.2 Å². The zero-order valence-electron chi connectivity index (χ0n) is 17.2. The molecule has 2 aromatic heterocycles. The van der Waals surface area contributed by atoms with Crippen molar-refractivity contribution in [2.75, 3.05) is 19.0 Å². The molecule has 158 valence electrons. The average molecular weight is 444 g/mol. The number of aliphatic imine (C=N–C) groups is 1. The summed E-state index contributed by atoms with van der Waals surface area (Å²) in [6.07, 6.45) is 0.737. The highest BCUT2D eigenvalue weighted by Gasteiger charge is 2.11. The molecule has 9 heteroatoms. The van der Waals surface area contributed by atoms with Gasteiger partial charge in [0.05, 0.1) is 24.2 Å². The molecule has 0 fully saturated rings. The van der Waals surface area contributed by atoms with Crippen molar-refractivity contribution < 1.29 is 9.53 Å². The molecular weight excluding hydrogens is 418 g/mol. The van der Waals surface area contributed by atoms with Gasteiger partial charge in [-0.05, 0) is 36.6 Å². The summed E-state index contributed by atoms with van der Waals surface area (Å²) in [5.74, 6) is 1.15. The Labute approximate surface area is 184 Å². The predicted molar refractivity (Wildman–Crippen MR) is 124 cm³/mol. The molecule has 0 atom stereocenters. The number of methoxy groups -OCH3 is 1. The van der Waals surface area contributed by atoms with Gasteiger partial charge in [0.2, 0.25) is 5.91 Å². The number of para-hydroxylation sites is 1. The Hall–Kier alpha value is -2.91. The number of nitrogens with one attached hydrogen (secondary N) is 2. The number of ether oxygens (including phenoxy) is 1. The summed E-state index contributed by atoms with van der Waals surface area (Å²) in [5, 5.41) is 8.58. The van der Waals surface area contributed by atoms with Crippen LogP contribution in [0, 0.1) is 6.92 Å². The van der Waals surface area contributed by atoms with E-state index >= 15 is 0 Å². The van der Waals surface area contributed by atoms with Crippen molar-refractivity contribution in [3.63, 3.8) is 0 Å². The fourth-order valence-corrected chi connectivity index (χ4v) is 4.69. The number of anilines is 1. The lowest BCUT2D eigenvalue weighted by atomic mass is 10.1. The van der Waals surface area contributed by atoms with Crippen LogP contribution in [0.5, 0.6) is 5.75 Å². The van der Waals surface area contributed by atoms with E-state index in [-0.39, 0.29) is 5.91 Å².